The van der Waals surface area contributed by atoms with Gasteiger partial charge in [0.05, 0.1) is 24.2 Å². The first-order valence-corrected chi connectivity index (χ1v) is 6.30. The number of carbonyl (C=O) groups excluding carboxylic acids is 1. The van der Waals surface area contributed by atoms with Crippen LogP contribution in [0.15, 0.2) is 36.7 Å². The highest BCUT2D eigenvalue weighted by atomic mass is 19.4. The van der Waals surface area contributed by atoms with Gasteiger partial charge >= 0.3 is 6.18 Å². The number of alkyl halides is 3. The third-order valence-corrected chi connectivity index (χ3v) is 3.02. The second kappa shape index (κ2) is 5.99. The summed E-state index contributed by atoms with van der Waals surface area (Å²) in [5, 5.41) is 9.11. The van der Waals surface area contributed by atoms with Crippen LogP contribution >= 0.6 is 0 Å². The standard InChI is InChI=1S/C14H14F3N3O/c1-9(11-7-18-19-8-11)20-13(21)6-10-3-2-4-12(5-10)14(15,16)17/h2-5,7-9H,6H2,1H3,(H,18,19)(H,20,21). The first-order valence-electron chi connectivity index (χ1n) is 6.30. The lowest BCUT2D eigenvalue weighted by Gasteiger charge is -2.13. The van der Waals surface area contributed by atoms with E-state index in [1.165, 1.54) is 12.1 Å². The van der Waals surface area contributed by atoms with Crippen LogP contribution in [-0.2, 0) is 17.4 Å². The first-order chi connectivity index (χ1) is 9.86. The molecule has 0 bridgehead atoms. The molecular formula is C14H14F3N3O. The Kier molecular flexibility index (Phi) is 4.30. The van der Waals surface area contributed by atoms with Crippen molar-refractivity contribution in [2.24, 2.45) is 0 Å². The van der Waals surface area contributed by atoms with E-state index in [0.717, 1.165) is 17.7 Å². The van der Waals surface area contributed by atoms with Crippen LogP contribution < -0.4 is 5.32 Å². The highest BCUT2D eigenvalue weighted by Gasteiger charge is 2.30. The molecule has 1 atom stereocenters. The predicted octanol–water partition coefficient (Wildman–Crippen LogP) is 2.85. The zero-order valence-electron chi connectivity index (χ0n) is 11.2. The molecule has 1 aromatic carbocycles. The molecule has 0 aliphatic heterocycles. The van der Waals surface area contributed by atoms with Crippen molar-refractivity contribution >= 4 is 5.91 Å². The summed E-state index contributed by atoms with van der Waals surface area (Å²) in [6.07, 6.45) is -1.28. The topological polar surface area (TPSA) is 57.8 Å². The molecule has 1 unspecified atom stereocenters. The molecule has 1 amide bonds. The van der Waals surface area contributed by atoms with Gasteiger partial charge in [-0.1, -0.05) is 18.2 Å². The monoisotopic (exact) mass is 297 g/mol. The van der Waals surface area contributed by atoms with Gasteiger partial charge in [-0.25, -0.2) is 0 Å². The Labute approximate surface area is 119 Å². The molecule has 0 spiro atoms. The Hall–Kier alpha value is -2.31. The molecule has 0 aliphatic carbocycles. The molecule has 1 aromatic heterocycles. The van der Waals surface area contributed by atoms with E-state index in [2.05, 4.69) is 15.5 Å². The summed E-state index contributed by atoms with van der Waals surface area (Å²) in [6.45, 7) is 1.77. The highest BCUT2D eigenvalue weighted by molar-refractivity contribution is 5.79. The number of hydrogen-bond donors (Lipinski definition) is 2. The number of rotatable bonds is 4. The molecule has 1 heterocycles. The summed E-state index contributed by atoms with van der Waals surface area (Å²) in [5.41, 5.74) is 0.366. The number of H-pyrrole nitrogens is 1. The number of amides is 1. The second-order valence-electron chi connectivity index (χ2n) is 4.70. The Morgan fingerprint density at radius 1 is 1.43 bits per heavy atom. The van der Waals surface area contributed by atoms with Crippen molar-refractivity contribution in [1.82, 2.24) is 15.5 Å². The molecule has 2 N–H and O–H groups in total. The van der Waals surface area contributed by atoms with Crippen LogP contribution in [0.4, 0.5) is 13.2 Å². The number of aromatic amines is 1. The van der Waals surface area contributed by atoms with E-state index in [1.807, 2.05) is 0 Å². The summed E-state index contributed by atoms with van der Waals surface area (Å²) in [5.74, 6) is -0.344. The van der Waals surface area contributed by atoms with Crippen molar-refractivity contribution in [3.05, 3.63) is 53.3 Å². The Balaban J connectivity index is 2.00. The molecule has 7 heteroatoms. The molecule has 112 valence electrons. The van der Waals surface area contributed by atoms with E-state index in [-0.39, 0.29) is 18.4 Å². The van der Waals surface area contributed by atoms with Gasteiger partial charge in [0.15, 0.2) is 0 Å². The van der Waals surface area contributed by atoms with Crippen LogP contribution in [0.2, 0.25) is 0 Å². The molecule has 4 nitrogen and oxygen atoms in total. The number of benzene rings is 1. The van der Waals surface area contributed by atoms with E-state index in [1.54, 1.807) is 19.3 Å². The molecule has 0 fully saturated rings. The van der Waals surface area contributed by atoms with Crippen molar-refractivity contribution in [1.29, 1.82) is 0 Å². The van der Waals surface area contributed by atoms with Gasteiger partial charge in [0.2, 0.25) is 5.91 Å². The van der Waals surface area contributed by atoms with Gasteiger partial charge in [-0.3, -0.25) is 9.89 Å². The minimum Gasteiger partial charge on any atom is -0.349 e. The van der Waals surface area contributed by atoms with Crippen LogP contribution in [0.5, 0.6) is 0 Å². The van der Waals surface area contributed by atoms with Gasteiger partial charge in [-0.05, 0) is 18.6 Å². The summed E-state index contributed by atoms with van der Waals surface area (Å²) in [7, 11) is 0. The van der Waals surface area contributed by atoms with Crippen LogP contribution in [-0.4, -0.2) is 16.1 Å². The number of nitrogens with zero attached hydrogens (tertiary/aromatic N) is 1. The van der Waals surface area contributed by atoms with E-state index in [0.29, 0.717) is 5.56 Å². The van der Waals surface area contributed by atoms with Gasteiger partial charge in [0, 0.05) is 11.8 Å². The van der Waals surface area contributed by atoms with Gasteiger partial charge < -0.3 is 5.32 Å². The molecule has 2 rings (SSSR count). The third-order valence-electron chi connectivity index (χ3n) is 3.02. The lowest BCUT2D eigenvalue weighted by molar-refractivity contribution is -0.137. The van der Waals surface area contributed by atoms with E-state index < -0.39 is 11.7 Å². The van der Waals surface area contributed by atoms with E-state index in [4.69, 9.17) is 0 Å². The van der Waals surface area contributed by atoms with Gasteiger partial charge in [-0.15, -0.1) is 0 Å². The smallest absolute Gasteiger partial charge is 0.349 e. The average Bonchev–Trinajstić information content (AvgIpc) is 2.91. The van der Waals surface area contributed by atoms with E-state index in [9.17, 15) is 18.0 Å². The van der Waals surface area contributed by atoms with Crippen molar-refractivity contribution in [2.45, 2.75) is 25.6 Å². The fourth-order valence-electron chi connectivity index (χ4n) is 1.92. The largest absolute Gasteiger partial charge is 0.416 e. The van der Waals surface area contributed by atoms with Crippen LogP contribution in [0.3, 0.4) is 0 Å². The van der Waals surface area contributed by atoms with Crippen molar-refractivity contribution in [2.75, 3.05) is 0 Å². The van der Waals surface area contributed by atoms with Crippen molar-refractivity contribution in [3.63, 3.8) is 0 Å². The number of halogens is 3. The summed E-state index contributed by atoms with van der Waals surface area (Å²) in [4.78, 5) is 11.9. The highest BCUT2D eigenvalue weighted by Crippen LogP contribution is 2.29. The Morgan fingerprint density at radius 3 is 2.81 bits per heavy atom. The fourth-order valence-corrected chi connectivity index (χ4v) is 1.92. The average molecular weight is 297 g/mol. The summed E-state index contributed by atoms with van der Waals surface area (Å²) >= 11 is 0. The molecular weight excluding hydrogens is 283 g/mol. The van der Waals surface area contributed by atoms with Gasteiger partial charge in [-0.2, -0.15) is 18.3 Å². The fraction of sp³-hybridized carbons (Fsp3) is 0.286. The lowest BCUT2D eigenvalue weighted by atomic mass is 10.1. The Bertz CT molecular complexity index is 608. The van der Waals surface area contributed by atoms with Gasteiger partial charge in [0.25, 0.3) is 0 Å². The normalized spacial score (nSPS) is 13.0. The minimum absolute atomic E-state index is 0.105. The molecule has 2 aromatic rings. The van der Waals surface area contributed by atoms with Crippen molar-refractivity contribution in [3.8, 4) is 0 Å². The number of carbonyl (C=O) groups is 1. The molecule has 21 heavy (non-hydrogen) atoms. The number of hydrogen-bond acceptors (Lipinski definition) is 2. The van der Waals surface area contributed by atoms with Crippen molar-refractivity contribution < 1.29 is 18.0 Å². The molecule has 0 saturated carbocycles. The number of aromatic nitrogens is 2. The lowest BCUT2D eigenvalue weighted by Crippen LogP contribution is -2.28. The van der Waals surface area contributed by atoms with Gasteiger partial charge in [0.1, 0.15) is 0 Å². The van der Waals surface area contributed by atoms with Crippen LogP contribution in [0.25, 0.3) is 0 Å². The zero-order chi connectivity index (χ0) is 15.5. The van der Waals surface area contributed by atoms with Crippen LogP contribution in [0, 0.1) is 0 Å². The molecule has 0 radical (unpaired) electrons. The van der Waals surface area contributed by atoms with Crippen LogP contribution in [0.1, 0.15) is 29.7 Å². The number of nitrogens with one attached hydrogen (secondary N) is 2. The Morgan fingerprint density at radius 2 is 2.19 bits per heavy atom. The maximum atomic E-state index is 12.6. The van der Waals surface area contributed by atoms with E-state index >= 15 is 0 Å². The summed E-state index contributed by atoms with van der Waals surface area (Å²) < 4.78 is 37.8. The SMILES string of the molecule is CC(NC(=O)Cc1cccc(C(F)(F)F)c1)c1cn[nH]c1. The molecule has 0 saturated heterocycles. The first kappa shape index (κ1) is 15.1. The maximum absolute atomic E-state index is 12.6. The summed E-state index contributed by atoms with van der Waals surface area (Å²) in [6, 6.07) is 4.50. The molecule has 0 aliphatic rings. The predicted molar refractivity (Wildman–Crippen MR) is 70.3 cm³/mol. The quantitative estimate of drug-likeness (QED) is 0.911. The second-order valence-corrected chi connectivity index (χ2v) is 4.70. The zero-order valence-corrected chi connectivity index (χ0v) is 11.2. The minimum atomic E-state index is -4.41. The maximum Gasteiger partial charge on any atom is 0.416 e. The third kappa shape index (κ3) is 4.08.